The van der Waals surface area contributed by atoms with Crippen molar-refractivity contribution >= 4 is 33.4 Å². The molecule has 1 aromatic carbocycles. The molecule has 1 saturated carbocycles. The highest BCUT2D eigenvalue weighted by Crippen LogP contribution is 2.48. The zero-order chi connectivity index (χ0) is 21.5. The van der Waals surface area contributed by atoms with Gasteiger partial charge in [-0.05, 0) is 62.1 Å². The number of benzene rings is 1. The van der Waals surface area contributed by atoms with Crippen LogP contribution in [0.3, 0.4) is 0 Å². The van der Waals surface area contributed by atoms with E-state index in [-0.39, 0.29) is 29.2 Å². The smallest absolute Gasteiger partial charge is 0.315 e. The molecule has 1 fully saturated rings. The Morgan fingerprint density at radius 2 is 1.90 bits per heavy atom. The molecule has 1 heterocycles. The Labute approximate surface area is 187 Å². The van der Waals surface area contributed by atoms with Crippen molar-refractivity contribution in [2.75, 3.05) is 0 Å². The highest BCUT2D eigenvalue weighted by molar-refractivity contribution is 9.10. The molecule has 4 rings (SSSR count). The highest BCUT2D eigenvalue weighted by Gasteiger charge is 2.46. The number of carbonyl (C=O) groups is 2. The summed E-state index contributed by atoms with van der Waals surface area (Å²) >= 11 is 3.55. The van der Waals surface area contributed by atoms with Gasteiger partial charge < -0.3 is 4.74 Å². The summed E-state index contributed by atoms with van der Waals surface area (Å²) in [6.45, 7) is 6.13. The number of rotatable bonds is 3. The van der Waals surface area contributed by atoms with Crippen molar-refractivity contribution in [3.05, 3.63) is 45.6 Å². The van der Waals surface area contributed by atoms with E-state index in [0.717, 1.165) is 53.5 Å². The number of Topliss-reactive ketones (excluding diaryl/α,β-unsaturated/α-hetero) is 1. The van der Waals surface area contributed by atoms with Gasteiger partial charge in [-0.1, -0.05) is 48.3 Å². The molecule has 1 aliphatic heterocycles. The quantitative estimate of drug-likeness (QED) is 0.497. The Balaban J connectivity index is 1.75. The minimum atomic E-state index is -0.551. The molecule has 0 saturated heterocycles. The topological polar surface area (TPSA) is 55.7 Å². The standard InChI is InChI=1S/C25H30BrNO3/c1-15-21(24(29)30-18-10-5-4-6-11-18)22(16-8-7-9-17(26)12-16)23-19(27-15)13-25(2,3)14-20(23)28/h7-9,12,18,21-22H,4-6,10-11,13-14H2,1-3H3/t21?,22-/m0/s1. The predicted molar refractivity (Wildman–Crippen MR) is 121 cm³/mol. The maximum Gasteiger partial charge on any atom is 0.315 e. The maximum atomic E-state index is 13.4. The van der Waals surface area contributed by atoms with E-state index in [1.165, 1.54) is 6.42 Å². The van der Waals surface area contributed by atoms with Crippen LogP contribution in [0.1, 0.15) is 77.2 Å². The molecule has 3 aliphatic rings. The molecule has 0 N–H and O–H groups in total. The first-order chi connectivity index (χ1) is 14.2. The molecule has 0 aromatic heterocycles. The van der Waals surface area contributed by atoms with Gasteiger partial charge >= 0.3 is 5.97 Å². The molecule has 30 heavy (non-hydrogen) atoms. The van der Waals surface area contributed by atoms with Gasteiger partial charge in [-0.25, -0.2) is 0 Å². The lowest BCUT2D eigenvalue weighted by Gasteiger charge is -2.39. The molecule has 2 aliphatic carbocycles. The third-order valence-corrected chi connectivity index (χ3v) is 7.09. The van der Waals surface area contributed by atoms with E-state index in [4.69, 9.17) is 9.73 Å². The molecule has 0 amide bonds. The molecule has 0 spiro atoms. The van der Waals surface area contributed by atoms with Crippen molar-refractivity contribution in [2.45, 2.75) is 77.7 Å². The second-order valence-electron chi connectivity index (χ2n) is 9.76. The third kappa shape index (κ3) is 4.32. The predicted octanol–water partition coefficient (Wildman–Crippen LogP) is 6.14. The van der Waals surface area contributed by atoms with Gasteiger partial charge in [-0.2, -0.15) is 0 Å². The summed E-state index contributed by atoms with van der Waals surface area (Å²) in [6.07, 6.45) is 6.49. The summed E-state index contributed by atoms with van der Waals surface area (Å²) in [5.41, 5.74) is 3.16. The van der Waals surface area contributed by atoms with Gasteiger partial charge in [0.2, 0.25) is 0 Å². The van der Waals surface area contributed by atoms with E-state index < -0.39 is 5.92 Å². The van der Waals surface area contributed by atoms with Crippen LogP contribution in [0, 0.1) is 11.3 Å². The fourth-order valence-electron chi connectivity index (χ4n) is 5.23. The van der Waals surface area contributed by atoms with E-state index in [2.05, 4.69) is 29.8 Å². The van der Waals surface area contributed by atoms with Crippen LogP contribution < -0.4 is 0 Å². The van der Waals surface area contributed by atoms with Crippen molar-refractivity contribution in [1.82, 2.24) is 0 Å². The van der Waals surface area contributed by atoms with Gasteiger partial charge in [0.05, 0.1) is 0 Å². The highest BCUT2D eigenvalue weighted by atomic mass is 79.9. The zero-order valence-corrected chi connectivity index (χ0v) is 19.6. The van der Waals surface area contributed by atoms with Gasteiger partial charge in [0, 0.05) is 33.8 Å². The van der Waals surface area contributed by atoms with Crippen LogP contribution >= 0.6 is 15.9 Å². The van der Waals surface area contributed by atoms with E-state index in [1.54, 1.807) is 0 Å². The van der Waals surface area contributed by atoms with Gasteiger partial charge in [0.1, 0.15) is 12.0 Å². The minimum absolute atomic E-state index is 0.0152. The fourth-order valence-corrected chi connectivity index (χ4v) is 5.65. The van der Waals surface area contributed by atoms with E-state index in [1.807, 2.05) is 31.2 Å². The first-order valence-corrected chi connectivity index (χ1v) is 11.8. The zero-order valence-electron chi connectivity index (χ0n) is 18.0. The number of nitrogens with zero attached hydrogens (tertiary/aromatic N) is 1. The van der Waals surface area contributed by atoms with Gasteiger partial charge in [0.15, 0.2) is 5.78 Å². The molecule has 1 aromatic rings. The van der Waals surface area contributed by atoms with Crippen LogP contribution in [0.15, 0.2) is 45.0 Å². The Kier molecular flexibility index (Phi) is 6.02. The number of hydrogen-bond acceptors (Lipinski definition) is 4. The number of ketones is 1. The Morgan fingerprint density at radius 1 is 1.17 bits per heavy atom. The second-order valence-corrected chi connectivity index (χ2v) is 10.7. The van der Waals surface area contributed by atoms with Crippen LogP contribution in [-0.4, -0.2) is 23.6 Å². The van der Waals surface area contributed by atoms with Gasteiger partial charge in [0.25, 0.3) is 0 Å². The van der Waals surface area contributed by atoms with Crippen molar-refractivity contribution in [3.8, 4) is 0 Å². The summed E-state index contributed by atoms with van der Waals surface area (Å²) in [5, 5.41) is 0. The summed E-state index contributed by atoms with van der Waals surface area (Å²) in [5.74, 6) is -1.02. The molecule has 1 unspecified atom stereocenters. The largest absolute Gasteiger partial charge is 0.462 e. The van der Waals surface area contributed by atoms with Crippen molar-refractivity contribution in [3.63, 3.8) is 0 Å². The first kappa shape index (κ1) is 21.5. The lowest BCUT2D eigenvalue weighted by atomic mass is 9.67. The molecule has 2 atom stereocenters. The molecule has 0 bridgehead atoms. The Hall–Kier alpha value is -1.75. The summed E-state index contributed by atoms with van der Waals surface area (Å²) in [7, 11) is 0. The van der Waals surface area contributed by atoms with Gasteiger partial charge in [-0.15, -0.1) is 0 Å². The Bertz CT molecular complexity index is 924. The fraction of sp³-hybridized carbons (Fsp3) is 0.560. The van der Waals surface area contributed by atoms with Gasteiger partial charge in [-0.3, -0.25) is 14.6 Å². The van der Waals surface area contributed by atoms with Crippen molar-refractivity contribution in [2.24, 2.45) is 16.3 Å². The molecule has 160 valence electrons. The van der Waals surface area contributed by atoms with Crippen LogP contribution in [0.25, 0.3) is 0 Å². The number of halogens is 1. The Morgan fingerprint density at radius 3 is 2.60 bits per heavy atom. The number of hydrogen-bond donors (Lipinski definition) is 0. The second kappa shape index (κ2) is 8.41. The van der Waals surface area contributed by atoms with Crippen LogP contribution in [0.5, 0.6) is 0 Å². The molecule has 5 heteroatoms. The van der Waals surface area contributed by atoms with Crippen molar-refractivity contribution in [1.29, 1.82) is 0 Å². The number of allylic oxidation sites excluding steroid dienone is 2. The lowest BCUT2D eigenvalue weighted by Crippen LogP contribution is -2.40. The van der Waals surface area contributed by atoms with E-state index in [0.29, 0.717) is 12.0 Å². The lowest BCUT2D eigenvalue weighted by molar-refractivity contribution is -0.153. The molecule has 0 radical (unpaired) electrons. The summed E-state index contributed by atoms with van der Waals surface area (Å²) in [6, 6.07) is 7.94. The average molecular weight is 472 g/mol. The number of ether oxygens (including phenoxy) is 1. The number of aliphatic imine (C=N–C) groups is 1. The summed E-state index contributed by atoms with van der Waals surface area (Å²) < 4.78 is 6.91. The van der Waals surface area contributed by atoms with Crippen LogP contribution in [0.2, 0.25) is 0 Å². The third-order valence-electron chi connectivity index (χ3n) is 6.60. The number of carbonyl (C=O) groups excluding carboxylic acids is 2. The first-order valence-electron chi connectivity index (χ1n) is 11.0. The monoisotopic (exact) mass is 471 g/mol. The van der Waals surface area contributed by atoms with E-state index in [9.17, 15) is 9.59 Å². The summed E-state index contributed by atoms with van der Waals surface area (Å²) in [4.78, 5) is 31.5. The maximum absolute atomic E-state index is 13.4. The molecule has 4 nitrogen and oxygen atoms in total. The molecular weight excluding hydrogens is 442 g/mol. The molecular formula is C25H30BrNO3. The van der Waals surface area contributed by atoms with E-state index >= 15 is 0 Å². The van der Waals surface area contributed by atoms with Crippen LogP contribution in [-0.2, 0) is 14.3 Å². The SMILES string of the molecule is CC1=NC2=C(C(=O)CC(C)(C)C2)[C@@H](c2cccc(Br)c2)C1C(=O)OC1CCCCC1. The van der Waals surface area contributed by atoms with Crippen molar-refractivity contribution < 1.29 is 14.3 Å². The van der Waals surface area contributed by atoms with Crippen LogP contribution in [0.4, 0.5) is 0 Å². The normalized spacial score (nSPS) is 26.8. The minimum Gasteiger partial charge on any atom is -0.462 e. The average Bonchev–Trinajstić information content (AvgIpc) is 2.66. The number of esters is 1.